The number of halogens is 4. The van der Waals surface area contributed by atoms with Gasteiger partial charge in [0.25, 0.3) is 5.91 Å². The van der Waals surface area contributed by atoms with Crippen LogP contribution < -0.4 is 20.3 Å². The number of nitrogens with zero attached hydrogens (tertiary/aromatic N) is 1. The van der Waals surface area contributed by atoms with Crippen LogP contribution in [0.15, 0.2) is 42.5 Å². The number of alkyl halides is 3. The second-order valence-electron chi connectivity index (χ2n) is 7.72. The van der Waals surface area contributed by atoms with E-state index in [9.17, 15) is 27.6 Å². The topological polar surface area (TPSA) is 87.7 Å². The molecule has 0 saturated carbocycles. The molecule has 7 nitrogen and oxygen atoms in total. The fourth-order valence-electron chi connectivity index (χ4n) is 3.41. The molecule has 1 aliphatic heterocycles. The summed E-state index contributed by atoms with van der Waals surface area (Å²) in [6.07, 6.45) is -3.70. The summed E-state index contributed by atoms with van der Waals surface area (Å²) in [5.74, 6) is -1.05. The second kappa shape index (κ2) is 10.8. The summed E-state index contributed by atoms with van der Waals surface area (Å²) >= 11 is 5.57. The number of carbonyl (C=O) groups is 3. The first-order valence-corrected chi connectivity index (χ1v) is 10.9. The first-order valence-electron chi connectivity index (χ1n) is 10.6. The van der Waals surface area contributed by atoms with Crippen molar-refractivity contribution < 1.29 is 32.3 Å². The number of nitrogens with one attached hydrogen (secondary N) is 2. The molecular weight excluding hydrogens is 475 g/mol. The summed E-state index contributed by atoms with van der Waals surface area (Å²) < 4.78 is 44.2. The van der Waals surface area contributed by atoms with Crippen LogP contribution in [0, 0.1) is 5.92 Å². The third-order valence-electron chi connectivity index (χ3n) is 5.12. The molecule has 0 aromatic heterocycles. The highest BCUT2D eigenvalue weighted by atomic mass is 35.5. The normalized spacial score (nSPS) is 15.9. The zero-order valence-corrected chi connectivity index (χ0v) is 19.0. The Morgan fingerprint density at radius 3 is 2.53 bits per heavy atom. The second-order valence-corrected chi connectivity index (χ2v) is 8.13. The monoisotopic (exact) mass is 497 g/mol. The lowest BCUT2D eigenvalue weighted by Gasteiger charge is -2.17. The first kappa shape index (κ1) is 25.4. The Morgan fingerprint density at radius 2 is 1.88 bits per heavy atom. The number of carbonyl (C=O) groups excluding carboxylic acids is 3. The quantitative estimate of drug-likeness (QED) is 0.570. The van der Waals surface area contributed by atoms with Gasteiger partial charge in [-0.1, -0.05) is 18.5 Å². The third kappa shape index (κ3) is 6.40. The van der Waals surface area contributed by atoms with Gasteiger partial charge in [-0.3, -0.25) is 14.4 Å². The van der Waals surface area contributed by atoms with E-state index in [4.69, 9.17) is 16.3 Å². The molecule has 0 bridgehead atoms. The van der Waals surface area contributed by atoms with Gasteiger partial charge in [0.05, 0.1) is 16.5 Å². The highest BCUT2D eigenvalue weighted by molar-refractivity contribution is 6.31. The van der Waals surface area contributed by atoms with Gasteiger partial charge in [-0.15, -0.1) is 0 Å². The molecule has 1 fully saturated rings. The molecule has 1 saturated heterocycles. The zero-order valence-electron chi connectivity index (χ0n) is 18.2. The number of hydrogen-bond donors (Lipinski definition) is 2. The maximum Gasteiger partial charge on any atom is 0.417 e. The molecule has 3 amide bonds. The largest absolute Gasteiger partial charge is 0.484 e. The number of anilines is 2. The van der Waals surface area contributed by atoms with Gasteiger partial charge in [0.15, 0.2) is 6.61 Å². The van der Waals surface area contributed by atoms with Crippen LogP contribution in [0.4, 0.5) is 24.5 Å². The molecule has 1 aliphatic rings. The molecule has 0 radical (unpaired) electrons. The lowest BCUT2D eigenvalue weighted by molar-refractivity contribution is -0.137. The maximum absolute atomic E-state index is 12.9. The van der Waals surface area contributed by atoms with Crippen molar-refractivity contribution in [2.45, 2.75) is 25.9 Å². The lowest BCUT2D eigenvalue weighted by atomic mass is 10.1. The van der Waals surface area contributed by atoms with E-state index in [1.807, 2.05) is 6.92 Å². The number of ether oxygens (including phenoxy) is 1. The SMILES string of the molecule is CCCNC(=O)[C@@H]1CC(=O)N(c2ccc(OCC(=O)Nc3ccc(Cl)c(C(F)(F)F)c3)cc2)C1. The van der Waals surface area contributed by atoms with Gasteiger partial charge < -0.3 is 20.3 Å². The van der Waals surface area contributed by atoms with Gasteiger partial charge in [-0.05, 0) is 48.9 Å². The van der Waals surface area contributed by atoms with Crippen LogP contribution in [0.1, 0.15) is 25.3 Å². The van der Waals surface area contributed by atoms with Crippen LogP contribution in [0.25, 0.3) is 0 Å². The summed E-state index contributed by atoms with van der Waals surface area (Å²) in [7, 11) is 0. The molecule has 0 aliphatic carbocycles. The van der Waals surface area contributed by atoms with Crippen molar-refractivity contribution in [3.05, 3.63) is 53.1 Å². The Labute approximate surface area is 199 Å². The Kier molecular flexibility index (Phi) is 8.03. The van der Waals surface area contributed by atoms with E-state index >= 15 is 0 Å². The Hall–Kier alpha value is -3.27. The smallest absolute Gasteiger partial charge is 0.417 e. The van der Waals surface area contributed by atoms with Crippen LogP contribution in [0.3, 0.4) is 0 Å². The average Bonchev–Trinajstić information content (AvgIpc) is 3.18. The summed E-state index contributed by atoms with van der Waals surface area (Å²) in [6, 6.07) is 9.44. The van der Waals surface area contributed by atoms with Gasteiger partial charge in [0.2, 0.25) is 11.8 Å². The van der Waals surface area contributed by atoms with Crippen molar-refractivity contribution >= 4 is 40.7 Å². The molecule has 0 spiro atoms. The molecule has 1 atom stereocenters. The molecule has 34 heavy (non-hydrogen) atoms. The Morgan fingerprint density at radius 1 is 1.18 bits per heavy atom. The highest BCUT2D eigenvalue weighted by Gasteiger charge is 2.35. The number of benzene rings is 2. The van der Waals surface area contributed by atoms with E-state index < -0.39 is 35.2 Å². The van der Waals surface area contributed by atoms with Crippen LogP contribution in [-0.2, 0) is 20.6 Å². The van der Waals surface area contributed by atoms with Crippen LogP contribution >= 0.6 is 11.6 Å². The van der Waals surface area contributed by atoms with Gasteiger partial charge in [0.1, 0.15) is 5.75 Å². The van der Waals surface area contributed by atoms with E-state index in [2.05, 4.69) is 10.6 Å². The van der Waals surface area contributed by atoms with Crippen molar-refractivity contribution in [2.75, 3.05) is 29.9 Å². The van der Waals surface area contributed by atoms with Gasteiger partial charge in [-0.2, -0.15) is 13.2 Å². The lowest BCUT2D eigenvalue weighted by Crippen LogP contribution is -2.33. The van der Waals surface area contributed by atoms with E-state index in [0.717, 1.165) is 18.6 Å². The molecule has 2 aromatic carbocycles. The number of rotatable bonds is 8. The van der Waals surface area contributed by atoms with E-state index in [1.165, 1.54) is 11.0 Å². The molecule has 1 heterocycles. The standard InChI is InChI=1S/C23H23ClF3N3O4/c1-2-9-28-22(33)14-10-21(32)30(12-14)16-4-6-17(7-5-16)34-13-20(31)29-15-3-8-19(24)18(11-15)23(25,26)27/h3-8,11,14H,2,9-10,12-13H2,1H3,(H,28,33)(H,29,31)/t14-/m1/s1. The maximum atomic E-state index is 12.9. The van der Waals surface area contributed by atoms with Crippen LogP contribution in [0.5, 0.6) is 5.75 Å². The summed E-state index contributed by atoms with van der Waals surface area (Å²) in [6.45, 7) is 2.34. The molecular formula is C23H23ClF3N3O4. The predicted octanol–water partition coefficient (Wildman–Crippen LogP) is 4.26. The van der Waals surface area contributed by atoms with E-state index in [0.29, 0.717) is 18.0 Å². The van der Waals surface area contributed by atoms with Crippen LogP contribution in [0.2, 0.25) is 5.02 Å². The molecule has 2 aromatic rings. The first-order chi connectivity index (χ1) is 16.1. The fraction of sp³-hybridized carbons (Fsp3) is 0.348. The molecule has 2 N–H and O–H groups in total. The number of amides is 3. The molecule has 0 unspecified atom stereocenters. The highest BCUT2D eigenvalue weighted by Crippen LogP contribution is 2.36. The van der Waals surface area contributed by atoms with Crippen molar-refractivity contribution in [2.24, 2.45) is 5.92 Å². The summed E-state index contributed by atoms with van der Waals surface area (Å²) in [4.78, 5) is 38.1. The minimum Gasteiger partial charge on any atom is -0.484 e. The third-order valence-corrected chi connectivity index (χ3v) is 5.45. The predicted molar refractivity (Wildman–Crippen MR) is 121 cm³/mol. The fourth-order valence-corrected chi connectivity index (χ4v) is 3.64. The van der Waals surface area contributed by atoms with Gasteiger partial charge in [-0.25, -0.2) is 0 Å². The van der Waals surface area contributed by atoms with E-state index in [1.54, 1.807) is 24.3 Å². The van der Waals surface area contributed by atoms with Crippen molar-refractivity contribution in [3.63, 3.8) is 0 Å². The van der Waals surface area contributed by atoms with Crippen molar-refractivity contribution in [1.29, 1.82) is 0 Å². The number of hydrogen-bond acceptors (Lipinski definition) is 4. The summed E-state index contributed by atoms with van der Waals surface area (Å²) in [5.41, 5.74) is -0.524. The zero-order chi connectivity index (χ0) is 24.9. The van der Waals surface area contributed by atoms with Gasteiger partial charge >= 0.3 is 6.18 Å². The Bertz CT molecular complexity index is 1060. The summed E-state index contributed by atoms with van der Waals surface area (Å²) in [5, 5.41) is 4.66. The minimum atomic E-state index is -4.65. The van der Waals surface area contributed by atoms with E-state index in [-0.39, 0.29) is 30.5 Å². The molecule has 182 valence electrons. The van der Waals surface area contributed by atoms with Gasteiger partial charge in [0, 0.05) is 30.9 Å². The molecule has 3 rings (SSSR count). The minimum absolute atomic E-state index is 0.0641. The molecule has 11 heteroatoms. The Balaban J connectivity index is 1.54. The average molecular weight is 498 g/mol. The van der Waals surface area contributed by atoms with Crippen molar-refractivity contribution in [3.8, 4) is 5.75 Å². The van der Waals surface area contributed by atoms with Crippen LogP contribution in [-0.4, -0.2) is 37.4 Å². The van der Waals surface area contributed by atoms with Crippen molar-refractivity contribution in [1.82, 2.24) is 5.32 Å².